The van der Waals surface area contributed by atoms with Crippen LogP contribution in [0.25, 0.3) is 11.2 Å². The van der Waals surface area contributed by atoms with E-state index in [1.54, 1.807) is 6.20 Å². The molecule has 1 aliphatic rings. The van der Waals surface area contributed by atoms with Gasteiger partial charge in [0.05, 0.1) is 23.6 Å². The zero-order chi connectivity index (χ0) is 25.9. The third-order valence-corrected chi connectivity index (χ3v) is 7.12. The van der Waals surface area contributed by atoms with Crippen LogP contribution in [-0.2, 0) is 6.54 Å². The number of aromatic nitrogens is 4. The van der Waals surface area contributed by atoms with E-state index < -0.39 is 17.2 Å². The number of hydrogen-bond acceptors (Lipinski definition) is 7. The minimum atomic E-state index is -0.781. The molecule has 0 saturated heterocycles. The third-order valence-electron chi connectivity index (χ3n) is 7.12. The van der Waals surface area contributed by atoms with Gasteiger partial charge in [0.25, 0.3) is 0 Å². The summed E-state index contributed by atoms with van der Waals surface area (Å²) in [6, 6.07) is 3.54. The maximum absolute atomic E-state index is 14.4. The highest BCUT2D eigenvalue weighted by Gasteiger charge is 2.25. The average molecular weight is 503 g/mol. The quantitative estimate of drug-likeness (QED) is 0.304. The van der Waals surface area contributed by atoms with Crippen molar-refractivity contribution in [1.29, 1.82) is 0 Å². The van der Waals surface area contributed by atoms with Gasteiger partial charge in [0, 0.05) is 18.7 Å². The van der Waals surface area contributed by atoms with E-state index in [0.29, 0.717) is 29.6 Å². The predicted molar refractivity (Wildman–Crippen MR) is 136 cm³/mol. The molecule has 196 valence electrons. The Kier molecular flexibility index (Phi) is 8.04. The Hall–Kier alpha value is -2.85. The number of rotatable bonds is 10. The summed E-state index contributed by atoms with van der Waals surface area (Å²) in [5.41, 5.74) is 0.489. The fourth-order valence-electron chi connectivity index (χ4n) is 4.96. The fraction of sp³-hybridized carbons (Fsp3) is 0.577. The van der Waals surface area contributed by atoms with E-state index in [2.05, 4.69) is 27.5 Å². The number of fused-ring (bicyclic) bond motifs is 1. The number of imidazole rings is 1. The van der Waals surface area contributed by atoms with Crippen molar-refractivity contribution in [3.05, 3.63) is 36.0 Å². The summed E-state index contributed by atoms with van der Waals surface area (Å²) >= 11 is 0. The van der Waals surface area contributed by atoms with Gasteiger partial charge in [0.1, 0.15) is 17.2 Å². The molecule has 0 radical (unpaired) electrons. The largest absolute Gasteiger partial charge is 0.393 e. The number of aryl methyl sites for hydroxylation is 1. The lowest BCUT2D eigenvalue weighted by atomic mass is 9.85. The lowest BCUT2D eigenvalue weighted by Crippen LogP contribution is -2.30. The lowest BCUT2D eigenvalue weighted by molar-refractivity contribution is 0.0103. The first kappa shape index (κ1) is 26.2. The summed E-state index contributed by atoms with van der Waals surface area (Å²) in [7, 11) is 0. The van der Waals surface area contributed by atoms with E-state index in [4.69, 9.17) is 4.98 Å². The molecule has 4 N–H and O–H groups in total. The second kappa shape index (κ2) is 11.0. The van der Waals surface area contributed by atoms with Gasteiger partial charge in [-0.05, 0) is 70.4 Å². The molecule has 0 bridgehead atoms. The first-order valence-electron chi connectivity index (χ1n) is 12.8. The monoisotopic (exact) mass is 502 g/mol. The molecule has 8 nitrogen and oxygen atoms in total. The standard InChI is InChI=1S/C26H36F2N6O2/c1-4-16(26(2,3)36)6-5-13-34-23-22(32-25(34)31-21-12-7-17(27)14-20(21)28)15-29-24(33-23)30-18-8-10-19(35)11-9-18/h7,12,14-16,18-19,35-36H,4-6,8-11,13H2,1-3H3,(H,31,32)(H,29,30,33)/t16-,18-,19-/m0/s1. The van der Waals surface area contributed by atoms with Crippen molar-refractivity contribution in [3.63, 3.8) is 0 Å². The lowest BCUT2D eigenvalue weighted by Gasteiger charge is -2.28. The number of hydrogen-bond donors (Lipinski definition) is 4. The smallest absolute Gasteiger partial charge is 0.224 e. The Labute approximate surface area is 210 Å². The second-order valence-corrected chi connectivity index (χ2v) is 10.3. The van der Waals surface area contributed by atoms with Crippen LogP contribution in [0.1, 0.15) is 65.7 Å². The van der Waals surface area contributed by atoms with Crippen LogP contribution >= 0.6 is 0 Å². The van der Waals surface area contributed by atoms with Crippen LogP contribution in [0.15, 0.2) is 24.4 Å². The molecule has 1 atom stereocenters. The molecule has 1 aliphatic carbocycles. The second-order valence-electron chi connectivity index (χ2n) is 10.3. The van der Waals surface area contributed by atoms with Crippen LogP contribution in [-0.4, -0.2) is 47.5 Å². The van der Waals surface area contributed by atoms with Gasteiger partial charge in [0.2, 0.25) is 11.9 Å². The van der Waals surface area contributed by atoms with E-state index in [1.807, 2.05) is 18.4 Å². The molecule has 3 aromatic rings. The molecule has 1 aromatic carbocycles. The summed E-state index contributed by atoms with van der Waals surface area (Å²) in [5, 5.41) is 26.6. The number of aliphatic hydroxyl groups is 2. The van der Waals surface area contributed by atoms with Crippen molar-refractivity contribution in [3.8, 4) is 0 Å². The van der Waals surface area contributed by atoms with Crippen LogP contribution in [0.4, 0.5) is 26.4 Å². The maximum Gasteiger partial charge on any atom is 0.224 e. The molecule has 0 unspecified atom stereocenters. The summed E-state index contributed by atoms with van der Waals surface area (Å²) in [6.45, 7) is 6.26. The van der Waals surface area contributed by atoms with Gasteiger partial charge in [-0.2, -0.15) is 4.98 Å². The van der Waals surface area contributed by atoms with E-state index in [9.17, 15) is 19.0 Å². The average Bonchev–Trinajstić information content (AvgIpc) is 3.15. The minimum Gasteiger partial charge on any atom is -0.393 e. The zero-order valence-electron chi connectivity index (χ0n) is 21.1. The molecular formula is C26H36F2N6O2. The van der Waals surface area contributed by atoms with Gasteiger partial charge in [-0.3, -0.25) is 4.57 Å². The molecule has 36 heavy (non-hydrogen) atoms. The molecular weight excluding hydrogens is 466 g/mol. The van der Waals surface area contributed by atoms with Crippen molar-refractivity contribution < 1.29 is 19.0 Å². The van der Waals surface area contributed by atoms with Gasteiger partial charge in [-0.25, -0.2) is 18.7 Å². The van der Waals surface area contributed by atoms with Gasteiger partial charge in [-0.1, -0.05) is 13.3 Å². The number of benzene rings is 1. The summed E-state index contributed by atoms with van der Waals surface area (Å²) in [6.07, 6.45) is 6.96. The molecule has 2 heterocycles. The maximum atomic E-state index is 14.4. The Morgan fingerprint density at radius 2 is 1.92 bits per heavy atom. The number of nitrogens with zero attached hydrogens (tertiary/aromatic N) is 4. The molecule has 1 fully saturated rings. The van der Waals surface area contributed by atoms with E-state index >= 15 is 0 Å². The normalized spacial score (nSPS) is 19.4. The van der Waals surface area contributed by atoms with Crippen molar-refractivity contribution in [2.24, 2.45) is 5.92 Å². The third kappa shape index (κ3) is 6.28. The van der Waals surface area contributed by atoms with Gasteiger partial charge >= 0.3 is 0 Å². The number of nitrogens with one attached hydrogen (secondary N) is 2. The minimum absolute atomic E-state index is 0.114. The van der Waals surface area contributed by atoms with Crippen LogP contribution < -0.4 is 10.6 Å². The van der Waals surface area contributed by atoms with Crippen LogP contribution in [0.5, 0.6) is 0 Å². The van der Waals surface area contributed by atoms with Gasteiger partial charge < -0.3 is 20.8 Å². The highest BCUT2D eigenvalue weighted by molar-refractivity contribution is 5.76. The van der Waals surface area contributed by atoms with Crippen molar-refractivity contribution in [1.82, 2.24) is 19.5 Å². The van der Waals surface area contributed by atoms with Crippen LogP contribution in [0, 0.1) is 17.6 Å². The number of halogens is 2. The Morgan fingerprint density at radius 3 is 2.58 bits per heavy atom. The highest BCUT2D eigenvalue weighted by atomic mass is 19.1. The molecule has 4 rings (SSSR count). The van der Waals surface area contributed by atoms with Crippen molar-refractivity contribution in [2.75, 3.05) is 10.6 Å². The first-order chi connectivity index (χ1) is 17.1. The molecule has 0 spiro atoms. The van der Waals surface area contributed by atoms with E-state index in [1.165, 1.54) is 12.1 Å². The van der Waals surface area contributed by atoms with E-state index in [-0.39, 0.29) is 23.8 Å². The first-order valence-corrected chi connectivity index (χ1v) is 12.8. The molecule has 1 saturated carbocycles. The number of aliphatic hydroxyl groups excluding tert-OH is 1. The fourth-order valence-corrected chi connectivity index (χ4v) is 4.96. The Balaban J connectivity index is 1.61. The predicted octanol–water partition coefficient (Wildman–Crippen LogP) is 5.14. The molecule has 2 aromatic heterocycles. The number of anilines is 3. The highest BCUT2D eigenvalue weighted by Crippen LogP contribution is 2.29. The SMILES string of the molecule is CC[C@@H](CCCn1c(Nc2ccc(F)cc2F)nc2cnc(N[C@H]3CC[C@H](O)CC3)nc21)C(C)(C)O. The van der Waals surface area contributed by atoms with Crippen LogP contribution in [0.3, 0.4) is 0 Å². The van der Waals surface area contributed by atoms with Crippen molar-refractivity contribution in [2.45, 2.75) is 90.0 Å². The summed E-state index contributed by atoms with van der Waals surface area (Å²) < 4.78 is 29.7. The Bertz CT molecular complexity index is 1170. The zero-order valence-corrected chi connectivity index (χ0v) is 21.1. The topological polar surface area (TPSA) is 108 Å². The molecule has 10 heteroatoms. The van der Waals surface area contributed by atoms with Gasteiger partial charge in [-0.15, -0.1) is 0 Å². The van der Waals surface area contributed by atoms with Crippen LogP contribution in [0.2, 0.25) is 0 Å². The summed E-state index contributed by atoms with van der Waals surface area (Å²) in [5.74, 6) is -0.367. The summed E-state index contributed by atoms with van der Waals surface area (Å²) in [4.78, 5) is 13.7. The van der Waals surface area contributed by atoms with Crippen molar-refractivity contribution >= 4 is 28.7 Å². The molecule has 0 aliphatic heterocycles. The van der Waals surface area contributed by atoms with E-state index in [0.717, 1.165) is 51.0 Å². The molecule has 0 amide bonds. The Morgan fingerprint density at radius 1 is 1.17 bits per heavy atom. The van der Waals surface area contributed by atoms with Gasteiger partial charge in [0.15, 0.2) is 5.65 Å².